The van der Waals surface area contributed by atoms with Gasteiger partial charge in [-0.25, -0.2) is 0 Å². The Morgan fingerprint density at radius 3 is 1.00 bits per heavy atom. The summed E-state index contributed by atoms with van der Waals surface area (Å²) in [6.07, 6.45) is 0. The molecule has 0 aromatic rings. The molecule has 0 bridgehead atoms. The van der Waals surface area contributed by atoms with Crippen molar-refractivity contribution in [1.29, 1.82) is 0 Å². The molecule has 0 atom stereocenters. The maximum absolute atomic E-state index is 0. The molecule has 40 valence electrons. The summed E-state index contributed by atoms with van der Waals surface area (Å²) in [5, 5.41) is 0. The average molecular weight is 251 g/mol. The number of hydrogen-bond donors (Lipinski definition) is 0. The monoisotopic (exact) mass is 250 g/mol. The Kier molecular flexibility index (Phi) is 409. The first-order valence-corrected chi connectivity index (χ1v) is 0. The quantitative estimate of drug-likeness (QED) is 0.391. The SMILES string of the molecule is [AlH3].[Fe].[MgH2].[Ni].[SiH4].[Ti]. The minimum atomic E-state index is 0. The van der Waals surface area contributed by atoms with E-state index in [1.807, 2.05) is 0 Å². The van der Waals surface area contributed by atoms with E-state index in [9.17, 15) is 0 Å². The third-order valence-corrected chi connectivity index (χ3v) is 0. The van der Waals surface area contributed by atoms with Gasteiger partial charge in [-0.15, -0.1) is 0 Å². The molecular formula is H9AlFeMgNiSiTi. The van der Waals surface area contributed by atoms with Gasteiger partial charge in [0.2, 0.25) is 0 Å². The van der Waals surface area contributed by atoms with Gasteiger partial charge in [0.05, 0.1) is 0 Å². The molecular weight excluding hydrogens is 242 g/mol. The zero-order valence-electron chi connectivity index (χ0n) is 1.17. The molecule has 0 saturated carbocycles. The van der Waals surface area contributed by atoms with E-state index in [1.54, 1.807) is 0 Å². The molecule has 0 N–H and O–H groups in total. The van der Waals surface area contributed by atoms with Gasteiger partial charge in [-0.1, -0.05) is 0 Å². The van der Waals surface area contributed by atoms with Gasteiger partial charge < -0.3 is 0 Å². The van der Waals surface area contributed by atoms with E-state index < -0.39 is 0 Å². The zero-order valence-corrected chi connectivity index (χ0v) is 4.82. The summed E-state index contributed by atoms with van der Waals surface area (Å²) in [5.41, 5.74) is 0. The van der Waals surface area contributed by atoms with Gasteiger partial charge in [0, 0.05) is 55.3 Å². The van der Waals surface area contributed by atoms with Gasteiger partial charge in [0.1, 0.15) is 0 Å². The van der Waals surface area contributed by atoms with Crippen LogP contribution in [0.5, 0.6) is 0 Å². The molecule has 0 amide bonds. The zero-order chi connectivity index (χ0) is 0. The van der Waals surface area contributed by atoms with E-state index in [0.29, 0.717) is 0 Å². The third kappa shape index (κ3) is 26.8. The maximum atomic E-state index is 0. The Hall–Kier alpha value is 3.24. The van der Waals surface area contributed by atoms with Crippen LogP contribution in [0, 0.1) is 0 Å². The van der Waals surface area contributed by atoms with Crippen molar-refractivity contribution in [1.82, 2.24) is 0 Å². The molecule has 0 spiro atoms. The predicted octanol–water partition coefficient (Wildman–Crippen LogP) is -3.56. The first-order chi connectivity index (χ1) is 0. The molecule has 0 aliphatic rings. The molecule has 0 radical (unpaired) electrons. The van der Waals surface area contributed by atoms with E-state index in [4.69, 9.17) is 0 Å². The van der Waals surface area contributed by atoms with Crippen molar-refractivity contribution in [3.8, 4) is 0 Å². The Bertz CT molecular complexity index is 15.5. The van der Waals surface area contributed by atoms with Gasteiger partial charge in [-0.3, -0.25) is 0 Å². The molecule has 0 aromatic heterocycles. The second-order valence-corrected chi connectivity index (χ2v) is 0. The van der Waals surface area contributed by atoms with Crippen LogP contribution in [0.15, 0.2) is 0 Å². The maximum Gasteiger partial charge on any atom is 0.316 e. The van der Waals surface area contributed by atoms with Crippen molar-refractivity contribution < 1.29 is 55.3 Å². The summed E-state index contributed by atoms with van der Waals surface area (Å²) in [7, 11) is 0. The molecule has 0 fully saturated rings. The van der Waals surface area contributed by atoms with Crippen LogP contribution in [0.1, 0.15) is 0 Å². The molecule has 6 heteroatoms. The van der Waals surface area contributed by atoms with Gasteiger partial charge in [0.15, 0.2) is 17.4 Å². The minimum Gasteiger partial charge on any atom is -0.0149 e. The van der Waals surface area contributed by atoms with E-state index in [-0.39, 0.29) is 107 Å². The van der Waals surface area contributed by atoms with Crippen molar-refractivity contribution in [3.05, 3.63) is 0 Å². The van der Waals surface area contributed by atoms with Crippen LogP contribution < -0.4 is 0 Å². The van der Waals surface area contributed by atoms with E-state index in [2.05, 4.69) is 0 Å². The summed E-state index contributed by atoms with van der Waals surface area (Å²) in [6, 6.07) is 0. The van der Waals surface area contributed by atoms with E-state index in [1.165, 1.54) is 0 Å². The van der Waals surface area contributed by atoms with Gasteiger partial charge in [0.25, 0.3) is 0 Å². The van der Waals surface area contributed by atoms with Crippen LogP contribution in [0.4, 0.5) is 0 Å². The van der Waals surface area contributed by atoms with Crippen LogP contribution in [0.25, 0.3) is 0 Å². The first-order valence-electron chi connectivity index (χ1n) is 0. The van der Waals surface area contributed by atoms with Gasteiger partial charge >= 0.3 is 23.1 Å². The average Bonchev–Trinajstić information content (AvgIpc) is 0. The molecule has 0 aliphatic carbocycles. The van der Waals surface area contributed by atoms with Crippen LogP contribution in [0.2, 0.25) is 0 Å². The second-order valence-electron chi connectivity index (χ2n) is 0. The molecule has 0 rings (SSSR count). The second kappa shape index (κ2) is 41.1. The minimum absolute atomic E-state index is 0. The molecule has 0 aliphatic heterocycles. The number of hydrogen-bond acceptors (Lipinski definition) is 0. The normalized spacial score (nSPS) is 0. The molecule has 0 saturated heterocycles. The van der Waals surface area contributed by atoms with Crippen LogP contribution in [0.3, 0.4) is 0 Å². The largest absolute Gasteiger partial charge is 0.316 e. The summed E-state index contributed by atoms with van der Waals surface area (Å²) >= 11 is 0. The molecule has 0 unspecified atom stereocenters. The molecule has 0 heterocycles. The van der Waals surface area contributed by atoms with Crippen LogP contribution >= 0.6 is 0 Å². The Morgan fingerprint density at radius 2 is 1.00 bits per heavy atom. The summed E-state index contributed by atoms with van der Waals surface area (Å²) < 4.78 is 0. The fourth-order valence-electron chi connectivity index (χ4n) is 0. The topological polar surface area (TPSA) is 0 Å². The summed E-state index contributed by atoms with van der Waals surface area (Å²) in [6.45, 7) is 0. The third-order valence-electron chi connectivity index (χ3n) is 0. The summed E-state index contributed by atoms with van der Waals surface area (Å²) in [5.74, 6) is 0. The van der Waals surface area contributed by atoms with Crippen molar-refractivity contribution in [3.63, 3.8) is 0 Å². The standard InChI is InChI=1S/Al.Fe.Mg.Ni.H4Si.Ti.5H/h;;;;1H4;;;;;;. The molecule has 0 nitrogen and oxygen atoms in total. The first kappa shape index (κ1) is 59.7. The van der Waals surface area contributed by atoms with Crippen molar-refractivity contribution in [2.24, 2.45) is 0 Å². The van der Waals surface area contributed by atoms with Crippen molar-refractivity contribution in [2.45, 2.75) is 0 Å². The Labute approximate surface area is 105 Å². The van der Waals surface area contributed by atoms with Crippen molar-refractivity contribution in [2.75, 3.05) is 0 Å². The summed E-state index contributed by atoms with van der Waals surface area (Å²) in [4.78, 5) is 0. The Morgan fingerprint density at radius 1 is 1.00 bits per heavy atom. The van der Waals surface area contributed by atoms with Crippen LogP contribution in [-0.2, 0) is 55.3 Å². The van der Waals surface area contributed by atoms with Crippen molar-refractivity contribution >= 4 is 51.4 Å². The predicted molar refractivity (Wildman–Crippen MR) is 29.8 cm³/mol. The van der Waals surface area contributed by atoms with Crippen LogP contribution in [-0.4, -0.2) is 51.4 Å². The fraction of sp³-hybridized carbons (Fsp3) is 0. The smallest absolute Gasteiger partial charge is 0.0149 e. The fourth-order valence-corrected chi connectivity index (χ4v) is 0. The van der Waals surface area contributed by atoms with Gasteiger partial charge in [-0.2, -0.15) is 0 Å². The van der Waals surface area contributed by atoms with Gasteiger partial charge in [-0.05, 0) is 11.0 Å². The molecule has 0 aromatic carbocycles. The Balaban J connectivity index is 0. The number of rotatable bonds is 0. The van der Waals surface area contributed by atoms with E-state index in [0.717, 1.165) is 0 Å². The molecule has 6 heavy (non-hydrogen) atoms. The van der Waals surface area contributed by atoms with E-state index >= 15 is 0 Å².